The van der Waals surface area contributed by atoms with Crippen molar-refractivity contribution < 1.29 is 4.79 Å². The Hall–Kier alpha value is -3.91. The molecule has 0 radical (unpaired) electrons. The third-order valence-corrected chi connectivity index (χ3v) is 6.18. The Labute approximate surface area is 175 Å². The summed E-state index contributed by atoms with van der Waals surface area (Å²) in [5.74, 6) is 0.107. The second-order valence-electron chi connectivity index (χ2n) is 7.78. The van der Waals surface area contributed by atoms with Gasteiger partial charge < -0.3 is 5.32 Å². The third kappa shape index (κ3) is 2.16. The van der Waals surface area contributed by atoms with E-state index in [0.29, 0.717) is 0 Å². The highest BCUT2D eigenvalue weighted by atomic mass is 16.1. The summed E-state index contributed by atoms with van der Waals surface area (Å²) in [6, 6.07) is 36.8. The van der Waals surface area contributed by atoms with Gasteiger partial charge in [-0.3, -0.25) is 4.79 Å². The number of ketones is 1. The van der Waals surface area contributed by atoms with Crippen molar-refractivity contribution in [2.45, 2.75) is 5.54 Å². The zero-order valence-corrected chi connectivity index (χ0v) is 16.3. The average Bonchev–Trinajstić information content (AvgIpc) is 3.28. The Morgan fingerprint density at radius 3 is 1.83 bits per heavy atom. The number of anilines is 1. The fourth-order valence-corrected chi connectivity index (χ4v) is 4.97. The second-order valence-corrected chi connectivity index (χ2v) is 7.78. The van der Waals surface area contributed by atoms with Crippen LogP contribution < -0.4 is 5.32 Å². The van der Waals surface area contributed by atoms with Crippen molar-refractivity contribution in [3.8, 4) is 0 Å². The van der Waals surface area contributed by atoms with Gasteiger partial charge in [-0.25, -0.2) is 0 Å². The monoisotopic (exact) mass is 385 g/mol. The molecule has 0 saturated carbocycles. The van der Waals surface area contributed by atoms with Crippen LogP contribution in [0.5, 0.6) is 0 Å². The lowest BCUT2D eigenvalue weighted by Crippen LogP contribution is -2.38. The van der Waals surface area contributed by atoms with Crippen molar-refractivity contribution in [1.29, 1.82) is 0 Å². The number of nitrogens with one attached hydrogen (secondary N) is 1. The van der Waals surface area contributed by atoms with E-state index < -0.39 is 5.54 Å². The van der Waals surface area contributed by atoms with Gasteiger partial charge in [0.15, 0.2) is 11.3 Å². The molecule has 2 aliphatic rings. The summed E-state index contributed by atoms with van der Waals surface area (Å²) in [6.07, 6.45) is 0. The smallest absolute Gasteiger partial charge is 0.199 e. The number of fused-ring (bicyclic) bond motifs is 3. The maximum Gasteiger partial charge on any atom is 0.199 e. The van der Waals surface area contributed by atoms with Crippen LogP contribution in [0.15, 0.2) is 109 Å². The number of benzene rings is 4. The minimum Gasteiger partial charge on any atom is -0.365 e. The molecule has 0 amide bonds. The van der Waals surface area contributed by atoms with E-state index in [-0.39, 0.29) is 5.78 Å². The molecule has 1 spiro atoms. The third-order valence-electron chi connectivity index (χ3n) is 6.18. The Bertz CT molecular complexity index is 1320. The second kappa shape index (κ2) is 6.30. The first-order valence-electron chi connectivity index (χ1n) is 10.2. The van der Waals surface area contributed by atoms with Crippen LogP contribution in [0.25, 0.3) is 11.1 Å². The number of carbonyl (C=O) groups is 1. The Kier molecular flexibility index (Phi) is 3.57. The highest BCUT2D eigenvalue weighted by Crippen LogP contribution is 2.57. The summed E-state index contributed by atoms with van der Waals surface area (Å²) in [6.45, 7) is 0. The summed E-state index contributed by atoms with van der Waals surface area (Å²) >= 11 is 0. The molecule has 0 fully saturated rings. The molecule has 1 N–H and O–H groups in total. The molecule has 142 valence electrons. The van der Waals surface area contributed by atoms with E-state index in [1.165, 1.54) is 0 Å². The van der Waals surface area contributed by atoms with E-state index in [9.17, 15) is 4.79 Å². The van der Waals surface area contributed by atoms with Gasteiger partial charge in [0.2, 0.25) is 0 Å². The molecule has 1 aliphatic carbocycles. The van der Waals surface area contributed by atoms with Crippen molar-refractivity contribution in [3.05, 3.63) is 137 Å². The molecule has 1 aliphatic heterocycles. The zero-order valence-electron chi connectivity index (χ0n) is 16.3. The number of hydrogen-bond donors (Lipinski definition) is 1. The highest BCUT2D eigenvalue weighted by Gasteiger charge is 2.55. The number of hydrogen-bond acceptors (Lipinski definition) is 2. The summed E-state index contributed by atoms with van der Waals surface area (Å²) in [5.41, 5.74) is 7.15. The van der Waals surface area contributed by atoms with Gasteiger partial charge in [0.05, 0.1) is 0 Å². The van der Waals surface area contributed by atoms with Gasteiger partial charge in [0.1, 0.15) is 0 Å². The van der Waals surface area contributed by atoms with Gasteiger partial charge >= 0.3 is 0 Å². The molecular weight excluding hydrogens is 366 g/mol. The van der Waals surface area contributed by atoms with Gasteiger partial charge in [-0.1, -0.05) is 97.1 Å². The lowest BCUT2D eigenvalue weighted by molar-refractivity contribution is 0.0951. The first kappa shape index (κ1) is 17.0. The topological polar surface area (TPSA) is 29.1 Å². The molecule has 2 heteroatoms. The van der Waals surface area contributed by atoms with Gasteiger partial charge in [-0.05, 0) is 40.0 Å². The standard InChI is InChI=1S/C28H19NO/c30-27-22-16-8-10-18-24(22)29-28(27)23-17-9-7-15-21(23)25(19-11-3-1-4-12-19)26(28)20-13-5-2-6-14-20/h1-18,29H/t28-/m1/s1. The summed E-state index contributed by atoms with van der Waals surface area (Å²) < 4.78 is 0. The molecule has 4 aromatic rings. The fourth-order valence-electron chi connectivity index (χ4n) is 4.97. The van der Waals surface area contributed by atoms with Crippen LogP contribution >= 0.6 is 0 Å². The van der Waals surface area contributed by atoms with Gasteiger partial charge in [0, 0.05) is 16.8 Å². The lowest BCUT2D eigenvalue weighted by atomic mass is 9.79. The van der Waals surface area contributed by atoms with Crippen molar-refractivity contribution in [1.82, 2.24) is 0 Å². The first-order chi connectivity index (χ1) is 14.8. The minimum absolute atomic E-state index is 0.107. The molecule has 1 heterocycles. The summed E-state index contributed by atoms with van der Waals surface area (Å²) in [4.78, 5) is 14.0. The fraction of sp³-hybridized carbons (Fsp3) is 0.0357. The lowest BCUT2D eigenvalue weighted by Gasteiger charge is -2.29. The molecule has 0 saturated heterocycles. The first-order valence-corrected chi connectivity index (χ1v) is 10.2. The van der Waals surface area contributed by atoms with Crippen LogP contribution in [-0.2, 0) is 5.54 Å². The predicted octanol–water partition coefficient (Wildman–Crippen LogP) is 6.16. The van der Waals surface area contributed by atoms with Crippen LogP contribution in [0.1, 0.15) is 32.6 Å². The van der Waals surface area contributed by atoms with E-state index in [1.807, 2.05) is 54.6 Å². The Balaban J connectivity index is 1.75. The maximum atomic E-state index is 14.0. The zero-order chi connectivity index (χ0) is 20.1. The predicted molar refractivity (Wildman–Crippen MR) is 121 cm³/mol. The van der Waals surface area contributed by atoms with Crippen LogP contribution in [-0.4, -0.2) is 5.78 Å². The molecule has 2 nitrogen and oxygen atoms in total. The van der Waals surface area contributed by atoms with Gasteiger partial charge in [0.25, 0.3) is 0 Å². The van der Waals surface area contributed by atoms with Gasteiger partial charge in [-0.2, -0.15) is 0 Å². The molecule has 0 aromatic heterocycles. The van der Waals surface area contributed by atoms with Gasteiger partial charge in [-0.15, -0.1) is 0 Å². The van der Waals surface area contributed by atoms with E-state index in [1.54, 1.807) is 0 Å². The molecular formula is C28H19NO. The summed E-state index contributed by atoms with van der Waals surface area (Å²) in [5, 5.41) is 3.66. The van der Waals surface area contributed by atoms with Crippen LogP contribution in [0.4, 0.5) is 5.69 Å². The highest BCUT2D eigenvalue weighted by molar-refractivity contribution is 6.27. The van der Waals surface area contributed by atoms with E-state index >= 15 is 0 Å². The van der Waals surface area contributed by atoms with Crippen LogP contribution in [0.3, 0.4) is 0 Å². The molecule has 1 atom stereocenters. The number of para-hydroxylation sites is 1. The number of carbonyl (C=O) groups excluding carboxylic acids is 1. The molecule has 0 unspecified atom stereocenters. The van der Waals surface area contributed by atoms with Crippen LogP contribution in [0, 0.1) is 0 Å². The molecule has 30 heavy (non-hydrogen) atoms. The van der Waals surface area contributed by atoms with Crippen molar-refractivity contribution >= 4 is 22.6 Å². The number of rotatable bonds is 2. The minimum atomic E-state index is -0.924. The molecule has 4 aromatic carbocycles. The normalized spacial score (nSPS) is 19.0. The van der Waals surface area contributed by atoms with Crippen molar-refractivity contribution in [3.63, 3.8) is 0 Å². The van der Waals surface area contributed by atoms with E-state index in [0.717, 1.165) is 44.7 Å². The van der Waals surface area contributed by atoms with E-state index in [2.05, 4.69) is 59.9 Å². The maximum absolute atomic E-state index is 14.0. The average molecular weight is 385 g/mol. The van der Waals surface area contributed by atoms with Crippen molar-refractivity contribution in [2.75, 3.05) is 5.32 Å². The van der Waals surface area contributed by atoms with E-state index in [4.69, 9.17) is 0 Å². The van der Waals surface area contributed by atoms with Crippen LogP contribution in [0.2, 0.25) is 0 Å². The Morgan fingerprint density at radius 2 is 1.13 bits per heavy atom. The number of Topliss-reactive ketones (excluding diaryl/α,β-unsaturated/α-hetero) is 1. The van der Waals surface area contributed by atoms with Crippen molar-refractivity contribution in [2.24, 2.45) is 0 Å². The Morgan fingerprint density at radius 1 is 0.567 bits per heavy atom. The molecule has 6 rings (SSSR count). The largest absolute Gasteiger partial charge is 0.365 e. The molecule has 0 bridgehead atoms. The quantitative estimate of drug-likeness (QED) is 0.447. The SMILES string of the molecule is O=C1c2ccccc2N[C@]12C(c1ccccc1)=C(c1ccccc1)c1ccccc12. The summed E-state index contributed by atoms with van der Waals surface area (Å²) in [7, 11) is 0.